The second-order valence-corrected chi connectivity index (χ2v) is 14.1. The number of anilines is 1. The number of carbonyl (C=O) groups excluding carboxylic acids is 4. The molecule has 16 heteroatoms. The normalized spacial score (nSPS) is 14.1. The predicted octanol–water partition coefficient (Wildman–Crippen LogP) is 4.01. The van der Waals surface area contributed by atoms with Crippen LogP contribution in [-0.4, -0.2) is 94.7 Å². The number of amides is 3. The number of rotatable bonds is 15. The van der Waals surface area contributed by atoms with E-state index >= 15 is 4.39 Å². The Hall–Kier alpha value is -5.12. The monoisotopic (exact) mass is 755 g/mol. The Bertz CT molecular complexity index is 1880. The molecule has 0 aliphatic carbocycles. The lowest BCUT2D eigenvalue weighted by Gasteiger charge is -2.35. The number of hydrogen-bond acceptors (Lipinski definition) is 10. The van der Waals surface area contributed by atoms with Crippen molar-refractivity contribution in [2.75, 3.05) is 43.1 Å². The third kappa shape index (κ3) is 10.7. The summed E-state index contributed by atoms with van der Waals surface area (Å²) in [6.45, 7) is 8.37. The Morgan fingerprint density at radius 2 is 1.68 bits per heavy atom. The molecule has 0 spiro atoms. The number of halogens is 1. The Morgan fingerprint density at radius 1 is 1.00 bits per heavy atom. The summed E-state index contributed by atoms with van der Waals surface area (Å²) in [4.78, 5) is 78.2. The molecule has 3 N–H and O–H groups in total. The van der Waals surface area contributed by atoms with E-state index in [-0.39, 0.29) is 48.3 Å². The minimum Gasteiger partial charge on any atom is -0.477 e. The number of aromatic nitrogens is 1. The second kappa shape index (κ2) is 18.6. The van der Waals surface area contributed by atoms with Crippen LogP contribution in [0.5, 0.6) is 5.75 Å². The lowest BCUT2D eigenvalue weighted by molar-refractivity contribution is -0.140. The molecular weight excluding hydrogens is 709 g/mol. The number of benzene rings is 2. The molecule has 1 aromatic heterocycles. The van der Waals surface area contributed by atoms with Crippen molar-refractivity contribution in [2.24, 2.45) is 5.92 Å². The van der Waals surface area contributed by atoms with Crippen molar-refractivity contribution < 1.29 is 42.9 Å². The molecule has 4 rings (SSSR count). The first-order chi connectivity index (χ1) is 25.2. The molecule has 1 aliphatic heterocycles. The SMILES string of the molecule is CCn1cc(C(=O)O)c(=O)c2cc(F)c(N3CCN(C(=O)OCc4ccc(OC(=O)C(CC(C)C)NC(=O)C(CCSC)NC(C)=O)cc4)CC3)cc21. The number of carbonyl (C=O) groups is 5. The number of nitrogens with one attached hydrogen (secondary N) is 2. The molecule has 2 heterocycles. The van der Waals surface area contributed by atoms with Crippen molar-refractivity contribution in [2.45, 2.75) is 65.8 Å². The number of carboxylic acid groups (broad SMARTS) is 1. The first-order valence-electron chi connectivity index (χ1n) is 17.4. The number of aryl methyl sites for hydroxylation is 1. The van der Waals surface area contributed by atoms with E-state index in [4.69, 9.17) is 9.47 Å². The van der Waals surface area contributed by atoms with Crippen LogP contribution >= 0.6 is 11.8 Å². The minimum atomic E-state index is -1.38. The van der Waals surface area contributed by atoms with Crippen LogP contribution < -0.4 is 25.7 Å². The van der Waals surface area contributed by atoms with Crippen LogP contribution in [-0.2, 0) is 32.3 Å². The zero-order valence-electron chi connectivity index (χ0n) is 30.5. The quantitative estimate of drug-likeness (QED) is 0.151. The first-order valence-corrected chi connectivity index (χ1v) is 18.7. The lowest BCUT2D eigenvalue weighted by atomic mass is 10.0. The minimum absolute atomic E-state index is 0.0179. The number of esters is 1. The molecule has 0 saturated carbocycles. The maximum absolute atomic E-state index is 15.3. The van der Waals surface area contributed by atoms with Gasteiger partial charge in [0, 0.05) is 51.2 Å². The van der Waals surface area contributed by atoms with E-state index in [9.17, 15) is 33.9 Å². The van der Waals surface area contributed by atoms with Gasteiger partial charge >= 0.3 is 18.0 Å². The summed E-state index contributed by atoms with van der Waals surface area (Å²) in [6.07, 6.45) is 3.34. The maximum Gasteiger partial charge on any atom is 0.410 e. The Morgan fingerprint density at radius 3 is 2.26 bits per heavy atom. The molecule has 3 aromatic rings. The molecule has 2 atom stereocenters. The summed E-state index contributed by atoms with van der Waals surface area (Å²) < 4.78 is 27.9. The highest BCUT2D eigenvalue weighted by Gasteiger charge is 2.29. The molecule has 3 amide bonds. The summed E-state index contributed by atoms with van der Waals surface area (Å²) in [5.41, 5.74) is 0.120. The summed E-state index contributed by atoms with van der Waals surface area (Å²) in [7, 11) is 0. The van der Waals surface area contributed by atoms with Gasteiger partial charge in [0.1, 0.15) is 35.8 Å². The number of ether oxygens (including phenoxy) is 2. The van der Waals surface area contributed by atoms with E-state index in [1.807, 2.05) is 20.1 Å². The van der Waals surface area contributed by atoms with E-state index < -0.39 is 52.8 Å². The number of piperazine rings is 1. The molecular formula is C37H46FN5O9S. The van der Waals surface area contributed by atoms with Crippen LogP contribution in [0.2, 0.25) is 0 Å². The maximum atomic E-state index is 15.3. The summed E-state index contributed by atoms with van der Waals surface area (Å²) >= 11 is 1.54. The predicted molar refractivity (Wildman–Crippen MR) is 199 cm³/mol. The van der Waals surface area contributed by atoms with Gasteiger partial charge in [-0.2, -0.15) is 11.8 Å². The van der Waals surface area contributed by atoms with E-state index in [0.717, 1.165) is 6.07 Å². The lowest BCUT2D eigenvalue weighted by Crippen LogP contribution is -2.52. The van der Waals surface area contributed by atoms with Crippen molar-refractivity contribution >= 4 is 58.2 Å². The Kier molecular flexibility index (Phi) is 14.2. The molecule has 2 unspecified atom stereocenters. The standard InChI is InChI=1S/C37H46FN5O9S/c1-6-41-20-27(35(47)48)33(45)26-18-28(38)32(19-31(26)41)42-12-14-43(15-13-42)37(50)51-21-24-7-9-25(10-8-24)52-36(49)30(17-22(2)3)40-34(46)29(11-16-53-5)39-23(4)44/h7-10,18-20,22,29-30H,6,11-17,21H2,1-5H3,(H,39,44)(H,40,46)(H,47,48). The summed E-state index contributed by atoms with van der Waals surface area (Å²) in [5, 5.41) is 14.8. The number of hydrogen-bond donors (Lipinski definition) is 3. The number of thioether (sulfide) groups is 1. The average Bonchev–Trinajstić information content (AvgIpc) is 3.12. The molecule has 286 valence electrons. The molecule has 1 aliphatic rings. The summed E-state index contributed by atoms with van der Waals surface area (Å²) in [5.74, 6) is -2.54. The molecule has 0 bridgehead atoms. The third-order valence-electron chi connectivity index (χ3n) is 8.72. The Labute approximate surface area is 311 Å². The molecule has 0 radical (unpaired) electrons. The van der Waals surface area contributed by atoms with Gasteiger partial charge in [0.2, 0.25) is 17.2 Å². The van der Waals surface area contributed by atoms with Crippen molar-refractivity contribution in [3.05, 3.63) is 69.8 Å². The van der Waals surface area contributed by atoms with Gasteiger partial charge in [-0.05, 0) is 67.5 Å². The number of fused-ring (bicyclic) bond motifs is 1. The highest BCUT2D eigenvalue weighted by molar-refractivity contribution is 7.98. The largest absolute Gasteiger partial charge is 0.477 e. The number of carboxylic acids is 1. The van der Waals surface area contributed by atoms with Crippen molar-refractivity contribution in [3.8, 4) is 5.75 Å². The van der Waals surface area contributed by atoms with E-state index in [0.29, 0.717) is 49.3 Å². The number of aromatic carboxylic acids is 1. The van der Waals surface area contributed by atoms with Gasteiger partial charge in [0.05, 0.1) is 11.2 Å². The molecule has 14 nitrogen and oxygen atoms in total. The van der Waals surface area contributed by atoms with Gasteiger partial charge in [0.25, 0.3) is 0 Å². The van der Waals surface area contributed by atoms with Crippen LogP contribution in [0.25, 0.3) is 10.9 Å². The zero-order chi connectivity index (χ0) is 38.8. The van der Waals surface area contributed by atoms with Crippen LogP contribution in [0.15, 0.2) is 47.4 Å². The molecule has 2 aromatic carbocycles. The van der Waals surface area contributed by atoms with Gasteiger partial charge in [-0.25, -0.2) is 18.8 Å². The molecule has 1 fully saturated rings. The third-order valence-corrected chi connectivity index (χ3v) is 9.36. The van der Waals surface area contributed by atoms with Gasteiger partial charge in [-0.15, -0.1) is 0 Å². The van der Waals surface area contributed by atoms with Gasteiger partial charge < -0.3 is 39.6 Å². The highest BCUT2D eigenvalue weighted by Crippen LogP contribution is 2.27. The Balaban J connectivity index is 1.31. The van der Waals surface area contributed by atoms with Gasteiger partial charge in [-0.1, -0.05) is 26.0 Å². The second-order valence-electron chi connectivity index (χ2n) is 13.1. The van der Waals surface area contributed by atoms with E-state index in [1.165, 1.54) is 24.1 Å². The summed E-state index contributed by atoms with van der Waals surface area (Å²) in [6, 6.07) is 7.32. The van der Waals surface area contributed by atoms with Crippen molar-refractivity contribution in [3.63, 3.8) is 0 Å². The zero-order valence-corrected chi connectivity index (χ0v) is 31.3. The van der Waals surface area contributed by atoms with Gasteiger partial charge in [0.15, 0.2) is 0 Å². The fraction of sp³-hybridized carbons (Fsp3) is 0.459. The van der Waals surface area contributed by atoms with Crippen LogP contribution in [0.4, 0.5) is 14.9 Å². The van der Waals surface area contributed by atoms with Crippen LogP contribution in [0.3, 0.4) is 0 Å². The smallest absolute Gasteiger partial charge is 0.410 e. The van der Waals surface area contributed by atoms with E-state index in [2.05, 4.69) is 10.6 Å². The van der Waals surface area contributed by atoms with Crippen molar-refractivity contribution in [1.29, 1.82) is 0 Å². The van der Waals surface area contributed by atoms with Crippen LogP contribution in [0, 0.1) is 11.7 Å². The number of nitrogens with zero attached hydrogens (tertiary/aromatic N) is 3. The fourth-order valence-corrected chi connectivity index (χ4v) is 6.44. The van der Waals surface area contributed by atoms with Crippen molar-refractivity contribution in [1.82, 2.24) is 20.1 Å². The van der Waals surface area contributed by atoms with E-state index in [1.54, 1.807) is 52.4 Å². The van der Waals surface area contributed by atoms with Crippen LogP contribution in [0.1, 0.15) is 56.5 Å². The average molecular weight is 756 g/mol. The number of pyridine rings is 1. The molecule has 1 saturated heterocycles. The topological polar surface area (TPSA) is 177 Å². The first kappa shape index (κ1) is 40.6. The molecule has 53 heavy (non-hydrogen) atoms. The highest BCUT2D eigenvalue weighted by atomic mass is 32.2. The fourth-order valence-electron chi connectivity index (χ4n) is 5.97. The van der Waals surface area contributed by atoms with Gasteiger partial charge in [-0.3, -0.25) is 14.4 Å².